The Morgan fingerprint density at radius 2 is 2.24 bits per heavy atom. The molecule has 2 N–H and O–H groups in total. The quantitative estimate of drug-likeness (QED) is 0.841. The maximum atomic E-state index is 6.32. The molecule has 25 heavy (non-hydrogen) atoms. The van der Waals surface area contributed by atoms with Crippen LogP contribution in [-0.4, -0.2) is 50.3 Å². The van der Waals surface area contributed by atoms with Crippen LogP contribution in [0.1, 0.15) is 30.4 Å². The standard InChI is InChI=1S/C19H26N2O4/c1-4-21(2)10-12-5-6-14(22-3)18-17(12)13-7-8-19(9-15(13)24-18)23-11-16(20)25-19/h5-8,13,15-16H,4,9-11,20H2,1-3H3. The van der Waals surface area contributed by atoms with E-state index in [1.165, 1.54) is 11.1 Å². The zero-order chi connectivity index (χ0) is 17.6. The van der Waals surface area contributed by atoms with Crippen molar-refractivity contribution >= 4 is 0 Å². The summed E-state index contributed by atoms with van der Waals surface area (Å²) in [5, 5.41) is 0. The molecule has 136 valence electrons. The van der Waals surface area contributed by atoms with Crippen LogP contribution >= 0.6 is 0 Å². The zero-order valence-electron chi connectivity index (χ0n) is 15.0. The molecule has 0 aromatic heterocycles. The van der Waals surface area contributed by atoms with Crippen LogP contribution in [-0.2, 0) is 16.0 Å². The van der Waals surface area contributed by atoms with Crippen molar-refractivity contribution in [3.63, 3.8) is 0 Å². The van der Waals surface area contributed by atoms with Crippen molar-refractivity contribution in [3.05, 3.63) is 35.4 Å². The van der Waals surface area contributed by atoms with Crippen LogP contribution in [0.5, 0.6) is 11.5 Å². The summed E-state index contributed by atoms with van der Waals surface area (Å²) >= 11 is 0. The molecule has 3 aliphatic rings. The molecule has 1 aliphatic carbocycles. The van der Waals surface area contributed by atoms with E-state index in [1.54, 1.807) is 7.11 Å². The molecule has 0 amide bonds. The molecule has 0 saturated carbocycles. The lowest BCUT2D eigenvalue weighted by atomic mass is 9.83. The van der Waals surface area contributed by atoms with Crippen molar-refractivity contribution in [2.45, 2.75) is 43.9 Å². The SMILES string of the molecule is CCN(C)Cc1ccc(OC)c2c1C1C=CC3(CC1O2)OCC(N)O3. The molecule has 2 heterocycles. The van der Waals surface area contributed by atoms with Crippen molar-refractivity contribution in [1.29, 1.82) is 0 Å². The largest absolute Gasteiger partial charge is 0.493 e. The molecule has 6 heteroatoms. The molecule has 1 aromatic carbocycles. The Morgan fingerprint density at radius 3 is 2.92 bits per heavy atom. The van der Waals surface area contributed by atoms with E-state index in [4.69, 9.17) is 24.7 Å². The summed E-state index contributed by atoms with van der Waals surface area (Å²) in [6.07, 6.45) is 4.36. The second-order valence-electron chi connectivity index (χ2n) is 7.02. The smallest absolute Gasteiger partial charge is 0.193 e. The number of hydrogen-bond donors (Lipinski definition) is 1. The highest BCUT2D eigenvalue weighted by atomic mass is 16.8. The fraction of sp³-hybridized carbons (Fsp3) is 0.579. The Labute approximate surface area is 148 Å². The van der Waals surface area contributed by atoms with Gasteiger partial charge in [-0.05, 0) is 31.3 Å². The molecule has 1 spiro atoms. The first-order chi connectivity index (χ1) is 12.0. The van der Waals surface area contributed by atoms with E-state index >= 15 is 0 Å². The Morgan fingerprint density at radius 1 is 1.40 bits per heavy atom. The number of hydrogen-bond acceptors (Lipinski definition) is 6. The van der Waals surface area contributed by atoms with Gasteiger partial charge in [-0.15, -0.1) is 0 Å². The summed E-state index contributed by atoms with van der Waals surface area (Å²) in [4.78, 5) is 2.28. The normalized spacial score (nSPS) is 32.8. The van der Waals surface area contributed by atoms with Crippen molar-refractivity contribution < 1.29 is 18.9 Å². The van der Waals surface area contributed by atoms with Gasteiger partial charge in [0.05, 0.1) is 13.7 Å². The number of benzene rings is 1. The molecule has 1 fully saturated rings. The maximum Gasteiger partial charge on any atom is 0.193 e. The van der Waals surface area contributed by atoms with Gasteiger partial charge >= 0.3 is 0 Å². The third-order valence-electron chi connectivity index (χ3n) is 5.34. The lowest BCUT2D eigenvalue weighted by molar-refractivity contribution is -0.150. The number of nitrogens with two attached hydrogens (primary N) is 1. The van der Waals surface area contributed by atoms with E-state index in [0.29, 0.717) is 13.0 Å². The molecule has 2 aliphatic heterocycles. The summed E-state index contributed by atoms with van der Waals surface area (Å²) in [5.41, 5.74) is 8.35. The minimum Gasteiger partial charge on any atom is -0.493 e. The number of methoxy groups -OCH3 is 1. The number of rotatable bonds is 4. The molecule has 0 bridgehead atoms. The molecule has 0 radical (unpaired) electrons. The molecule has 1 saturated heterocycles. The first-order valence-electron chi connectivity index (χ1n) is 8.87. The predicted octanol–water partition coefficient (Wildman–Crippen LogP) is 1.98. The lowest BCUT2D eigenvalue weighted by Crippen LogP contribution is -2.40. The number of fused-ring (bicyclic) bond motifs is 3. The highest BCUT2D eigenvalue weighted by Crippen LogP contribution is 2.51. The van der Waals surface area contributed by atoms with Crippen LogP contribution in [0, 0.1) is 0 Å². The van der Waals surface area contributed by atoms with Gasteiger partial charge in [-0.3, -0.25) is 0 Å². The van der Waals surface area contributed by atoms with Gasteiger partial charge in [0, 0.05) is 24.4 Å². The molecular formula is C19H26N2O4. The third kappa shape index (κ3) is 2.83. The molecule has 6 nitrogen and oxygen atoms in total. The van der Waals surface area contributed by atoms with Gasteiger partial charge in [0.2, 0.25) is 0 Å². The monoisotopic (exact) mass is 346 g/mol. The van der Waals surface area contributed by atoms with Crippen LogP contribution < -0.4 is 15.2 Å². The molecule has 1 aromatic rings. The topological polar surface area (TPSA) is 66.2 Å². The van der Waals surface area contributed by atoms with Crippen LogP contribution in [0.4, 0.5) is 0 Å². The van der Waals surface area contributed by atoms with Gasteiger partial charge in [0.1, 0.15) is 12.3 Å². The van der Waals surface area contributed by atoms with Crippen molar-refractivity contribution in [2.75, 3.05) is 27.3 Å². The van der Waals surface area contributed by atoms with Gasteiger partial charge in [0.15, 0.2) is 17.3 Å². The zero-order valence-corrected chi connectivity index (χ0v) is 15.0. The first-order valence-corrected chi connectivity index (χ1v) is 8.87. The Kier molecular flexibility index (Phi) is 4.24. The maximum absolute atomic E-state index is 6.32. The average Bonchev–Trinajstić information content (AvgIpc) is 3.15. The first kappa shape index (κ1) is 16.8. The van der Waals surface area contributed by atoms with E-state index in [9.17, 15) is 0 Å². The Balaban J connectivity index is 1.69. The average molecular weight is 346 g/mol. The van der Waals surface area contributed by atoms with Crippen LogP contribution in [0.2, 0.25) is 0 Å². The molecule has 4 atom stereocenters. The summed E-state index contributed by atoms with van der Waals surface area (Å²) < 4.78 is 23.5. The Hall–Kier alpha value is -1.60. The van der Waals surface area contributed by atoms with Crippen LogP contribution in [0.15, 0.2) is 24.3 Å². The molecule has 4 unspecified atom stereocenters. The fourth-order valence-corrected chi connectivity index (χ4v) is 3.95. The summed E-state index contributed by atoms with van der Waals surface area (Å²) in [6, 6.07) is 4.14. The van der Waals surface area contributed by atoms with Gasteiger partial charge in [-0.25, -0.2) is 0 Å². The van der Waals surface area contributed by atoms with E-state index < -0.39 is 5.79 Å². The number of nitrogens with zero attached hydrogens (tertiary/aromatic N) is 1. The molecular weight excluding hydrogens is 320 g/mol. The van der Waals surface area contributed by atoms with Crippen LogP contribution in [0.25, 0.3) is 0 Å². The van der Waals surface area contributed by atoms with Crippen molar-refractivity contribution in [2.24, 2.45) is 5.73 Å². The minimum absolute atomic E-state index is 0.0349. The molecule has 4 rings (SSSR count). The summed E-state index contributed by atoms with van der Waals surface area (Å²) in [7, 11) is 3.80. The van der Waals surface area contributed by atoms with E-state index in [0.717, 1.165) is 24.6 Å². The lowest BCUT2D eigenvalue weighted by Gasteiger charge is -2.33. The minimum atomic E-state index is -0.754. The second kappa shape index (κ2) is 6.29. The van der Waals surface area contributed by atoms with Gasteiger partial charge in [-0.2, -0.15) is 0 Å². The van der Waals surface area contributed by atoms with E-state index in [-0.39, 0.29) is 18.2 Å². The third-order valence-corrected chi connectivity index (χ3v) is 5.34. The fourth-order valence-electron chi connectivity index (χ4n) is 3.95. The summed E-state index contributed by atoms with van der Waals surface area (Å²) in [6.45, 7) is 4.44. The Bertz CT molecular complexity index is 692. The second-order valence-corrected chi connectivity index (χ2v) is 7.02. The van der Waals surface area contributed by atoms with E-state index in [1.807, 2.05) is 12.1 Å². The predicted molar refractivity (Wildman–Crippen MR) is 93.7 cm³/mol. The number of ether oxygens (including phenoxy) is 4. The van der Waals surface area contributed by atoms with Crippen molar-refractivity contribution in [1.82, 2.24) is 4.90 Å². The van der Waals surface area contributed by atoms with Crippen molar-refractivity contribution in [3.8, 4) is 11.5 Å². The van der Waals surface area contributed by atoms with Crippen LogP contribution in [0.3, 0.4) is 0 Å². The van der Waals surface area contributed by atoms with Gasteiger partial charge in [-0.1, -0.05) is 19.1 Å². The highest BCUT2D eigenvalue weighted by molar-refractivity contribution is 5.57. The van der Waals surface area contributed by atoms with Gasteiger partial charge in [0.25, 0.3) is 0 Å². The highest BCUT2D eigenvalue weighted by Gasteiger charge is 2.49. The van der Waals surface area contributed by atoms with E-state index in [2.05, 4.69) is 31.0 Å². The van der Waals surface area contributed by atoms with Gasteiger partial charge < -0.3 is 29.6 Å². The summed E-state index contributed by atoms with van der Waals surface area (Å²) in [5.74, 6) is 1.05.